The van der Waals surface area contributed by atoms with Crippen LogP contribution >= 0.6 is 0 Å². The Morgan fingerprint density at radius 3 is 2.44 bits per heavy atom. The Balaban J connectivity index is 1.31. The van der Waals surface area contributed by atoms with Crippen LogP contribution in [0.3, 0.4) is 0 Å². The molecule has 1 aliphatic heterocycles. The SMILES string of the molecule is CC(C)NCCCCCCOc1ccccc1C(=O)Nc1ccc(C(=O)N2CCCCc3ccccc32)cc1. The lowest BCUT2D eigenvalue weighted by molar-refractivity contribution is 0.0985. The van der Waals surface area contributed by atoms with Crippen LogP contribution in [-0.2, 0) is 6.42 Å². The number of fused-ring (bicyclic) bond motifs is 1. The van der Waals surface area contributed by atoms with Crippen LogP contribution in [0.15, 0.2) is 72.8 Å². The van der Waals surface area contributed by atoms with E-state index in [9.17, 15) is 9.59 Å². The predicted octanol–water partition coefficient (Wildman–Crippen LogP) is 6.86. The van der Waals surface area contributed by atoms with Gasteiger partial charge < -0.3 is 20.3 Å². The van der Waals surface area contributed by atoms with E-state index in [2.05, 4.69) is 30.5 Å². The molecule has 0 radical (unpaired) electrons. The maximum Gasteiger partial charge on any atom is 0.259 e. The average molecular weight is 528 g/mol. The number of amides is 2. The van der Waals surface area contributed by atoms with Gasteiger partial charge in [0.2, 0.25) is 0 Å². The number of aryl methyl sites for hydroxylation is 1. The van der Waals surface area contributed by atoms with Gasteiger partial charge >= 0.3 is 0 Å². The van der Waals surface area contributed by atoms with Crippen molar-refractivity contribution in [3.8, 4) is 5.75 Å². The van der Waals surface area contributed by atoms with Crippen LogP contribution in [-0.4, -0.2) is 37.6 Å². The zero-order chi connectivity index (χ0) is 27.5. The molecule has 0 fully saturated rings. The van der Waals surface area contributed by atoms with Gasteiger partial charge in [0.15, 0.2) is 0 Å². The van der Waals surface area contributed by atoms with Crippen molar-refractivity contribution in [3.05, 3.63) is 89.5 Å². The highest BCUT2D eigenvalue weighted by Gasteiger charge is 2.22. The number of para-hydroxylation sites is 2. The lowest BCUT2D eigenvalue weighted by Crippen LogP contribution is -2.31. The number of hydrogen-bond donors (Lipinski definition) is 2. The van der Waals surface area contributed by atoms with Crippen molar-refractivity contribution in [2.75, 3.05) is 29.9 Å². The summed E-state index contributed by atoms with van der Waals surface area (Å²) in [6, 6.07) is 23.1. The number of anilines is 2. The van der Waals surface area contributed by atoms with E-state index < -0.39 is 0 Å². The van der Waals surface area contributed by atoms with Crippen LogP contribution in [0.5, 0.6) is 5.75 Å². The topological polar surface area (TPSA) is 70.7 Å². The number of rotatable bonds is 12. The van der Waals surface area contributed by atoms with Gasteiger partial charge in [0.1, 0.15) is 5.75 Å². The van der Waals surface area contributed by atoms with Crippen LogP contribution in [0, 0.1) is 0 Å². The Hall–Kier alpha value is -3.64. The smallest absolute Gasteiger partial charge is 0.259 e. The van der Waals surface area contributed by atoms with Crippen LogP contribution in [0.25, 0.3) is 0 Å². The molecule has 6 heteroatoms. The lowest BCUT2D eigenvalue weighted by atomic mass is 10.1. The second kappa shape index (κ2) is 14.5. The van der Waals surface area contributed by atoms with Gasteiger partial charge in [0.25, 0.3) is 11.8 Å². The third-order valence-corrected chi connectivity index (χ3v) is 7.01. The third kappa shape index (κ3) is 8.17. The Morgan fingerprint density at radius 1 is 0.872 bits per heavy atom. The molecule has 6 nitrogen and oxygen atoms in total. The molecule has 0 aliphatic carbocycles. The largest absolute Gasteiger partial charge is 0.493 e. The lowest BCUT2D eigenvalue weighted by Gasteiger charge is -2.23. The molecule has 4 rings (SSSR count). The molecular formula is C33H41N3O3. The summed E-state index contributed by atoms with van der Waals surface area (Å²) in [4.78, 5) is 28.3. The third-order valence-electron chi connectivity index (χ3n) is 7.01. The van der Waals surface area contributed by atoms with Gasteiger partial charge in [-0.1, -0.05) is 57.0 Å². The maximum atomic E-state index is 13.4. The van der Waals surface area contributed by atoms with Crippen LogP contribution in [0.1, 0.15) is 78.7 Å². The minimum atomic E-state index is -0.231. The van der Waals surface area contributed by atoms with E-state index in [1.165, 1.54) is 5.56 Å². The number of unbranched alkanes of at least 4 members (excludes halogenated alkanes) is 3. The van der Waals surface area contributed by atoms with E-state index in [-0.39, 0.29) is 11.8 Å². The highest BCUT2D eigenvalue weighted by molar-refractivity contribution is 6.08. The molecule has 0 atom stereocenters. The number of nitrogens with one attached hydrogen (secondary N) is 2. The molecule has 3 aromatic carbocycles. The molecule has 2 N–H and O–H groups in total. The van der Waals surface area contributed by atoms with Crippen molar-refractivity contribution < 1.29 is 14.3 Å². The number of ether oxygens (including phenoxy) is 1. The molecule has 1 heterocycles. The van der Waals surface area contributed by atoms with Gasteiger partial charge in [-0.05, 0) is 86.7 Å². The van der Waals surface area contributed by atoms with Gasteiger partial charge in [-0.25, -0.2) is 0 Å². The summed E-state index contributed by atoms with van der Waals surface area (Å²) in [5.74, 6) is 0.339. The number of carbonyl (C=O) groups excluding carboxylic acids is 2. The Labute approximate surface area is 232 Å². The summed E-state index contributed by atoms with van der Waals surface area (Å²) in [5, 5.41) is 6.39. The molecule has 0 bridgehead atoms. The fraction of sp³-hybridized carbons (Fsp3) is 0.394. The number of hydrogen-bond acceptors (Lipinski definition) is 4. The molecule has 1 aliphatic rings. The normalized spacial score (nSPS) is 13.1. The Kier molecular flexibility index (Phi) is 10.5. The molecule has 206 valence electrons. The molecule has 3 aromatic rings. The first-order chi connectivity index (χ1) is 19.0. The summed E-state index contributed by atoms with van der Waals surface area (Å²) >= 11 is 0. The van der Waals surface area contributed by atoms with Crippen molar-refractivity contribution in [1.29, 1.82) is 0 Å². The minimum absolute atomic E-state index is 0.0165. The van der Waals surface area contributed by atoms with Gasteiger partial charge in [0, 0.05) is 29.5 Å². The molecular weight excluding hydrogens is 486 g/mol. The van der Waals surface area contributed by atoms with Crippen molar-refractivity contribution in [1.82, 2.24) is 5.32 Å². The summed E-state index contributed by atoms with van der Waals surface area (Å²) in [5.41, 5.74) is 3.95. The van der Waals surface area contributed by atoms with Crippen molar-refractivity contribution in [2.24, 2.45) is 0 Å². The fourth-order valence-corrected chi connectivity index (χ4v) is 4.89. The monoisotopic (exact) mass is 527 g/mol. The highest BCUT2D eigenvalue weighted by Crippen LogP contribution is 2.28. The zero-order valence-electron chi connectivity index (χ0n) is 23.2. The van der Waals surface area contributed by atoms with Crippen LogP contribution in [0.2, 0.25) is 0 Å². The average Bonchev–Trinajstić information content (AvgIpc) is 3.17. The Bertz CT molecular complexity index is 1220. The predicted molar refractivity (Wildman–Crippen MR) is 159 cm³/mol. The second-order valence-electron chi connectivity index (χ2n) is 10.4. The van der Waals surface area contributed by atoms with Crippen molar-refractivity contribution in [3.63, 3.8) is 0 Å². The first-order valence-corrected chi connectivity index (χ1v) is 14.3. The number of carbonyl (C=O) groups is 2. The molecule has 0 saturated heterocycles. The first kappa shape index (κ1) is 28.4. The zero-order valence-corrected chi connectivity index (χ0v) is 23.2. The standard InChI is InChI=1S/C33H41N3O3/c1-25(2)34-22-10-3-4-12-24-39-31-17-8-6-15-29(31)32(37)35-28-20-18-27(19-21-28)33(38)36-23-11-9-14-26-13-5-7-16-30(26)36/h5-8,13,15-21,25,34H,3-4,9-12,14,22-24H2,1-2H3,(H,35,37). The van der Waals surface area contributed by atoms with E-state index in [1.54, 1.807) is 30.3 Å². The first-order valence-electron chi connectivity index (χ1n) is 14.3. The minimum Gasteiger partial charge on any atom is -0.493 e. The van der Waals surface area contributed by atoms with E-state index >= 15 is 0 Å². The molecule has 39 heavy (non-hydrogen) atoms. The van der Waals surface area contributed by atoms with Crippen LogP contribution < -0.4 is 20.3 Å². The van der Waals surface area contributed by atoms with E-state index in [1.807, 2.05) is 41.3 Å². The van der Waals surface area contributed by atoms with E-state index in [0.717, 1.165) is 57.2 Å². The second-order valence-corrected chi connectivity index (χ2v) is 10.4. The van der Waals surface area contributed by atoms with Gasteiger partial charge in [-0.2, -0.15) is 0 Å². The van der Waals surface area contributed by atoms with E-state index in [4.69, 9.17) is 4.74 Å². The summed E-state index contributed by atoms with van der Waals surface area (Å²) < 4.78 is 5.97. The van der Waals surface area contributed by atoms with Gasteiger partial charge in [-0.15, -0.1) is 0 Å². The Morgan fingerprint density at radius 2 is 1.62 bits per heavy atom. The number of nitrogens with zero attached hydrogens (tertiary/aromatic N) is 1. The van der Waals surface area contributed by atoms with Crippen molar-refractivity contribution >= 4 is 23.2 Å². The van der Waals surface area contributed by atoms with E-state index in [0.29, 0.717) is 41.8 Å². The molecule has 0 unspecified atom stereocenters. The van der Waals surface area contributed by atoms with Crippen LogP contribution in [0.4, 0.5) is 11.4 Å². The summed E-state index contributed by atoms with van der Waals surface area (Å²) in [6.45, 7) is 6.66. The molecule has 0 saturated carbocycles. The summed E-state index contributed by atoms with van der Waals surface area (Å²) in [7, 11) is 0. The van der Waals surface area contributed by atoms with Gasteiger partial charge in [-0.3, -0.25) is 9.59 Å². The highest BCUT2D eigenvalue weighted by atomic mass is 16.5. The van der Waals surface area contributed by atoms with Gasteiger partial charge in [0.05, 0.1) is 12.2 Å². The van der Waals surface area contributed by atoms with Crippen molar-refractivity contribution in [2.45, 2.75) is 64.8 Å². The quantitative estimate of drug-likeness (QED) is 0.253. The summed E-state index contributed by atoms with van der Waals surface area (Å²) in [6.07, 6.45) is 7.42. The molecule has 2 amide bonds. The molecule has 0 spiro atoms. The molecule has 0 aromatic heterocycles. The maximum absolute atomic E-state index is 13.4. The fourth-order valence-electron chi connectivity index (χ4n) is 4.89. The number of benzene rings is 3.